The number of carbonyl (C=O) groups is 2. The predicted octanol–water partition coefficient (Wildman–Crippen LogP) is 4.05. The van der Waals surface area contributed by atoms with Crippen molar-refractivity contribution < 1.29 is 9.59 Å². The Labute approximate surface area is 173 Å². The fraction of sp³-hybridized carbons (Fsp3) is 0.450. The van der Waals surface area contributed by atoms with E-state index < -0.39 is 11.8 Å². The Morgan fingerprint density at radius 1 is 1.11 bits per heavy atom. The molecule has 2 aromatic rings. The number of anilines is 1. The quantitative estimate of drug-likeness (QED) is 0.582. The summed E-state index contributed by atoms with van der Waals surface area (Å²) in [5, 5.41) is 10.9. The lowest BCUT2D eigenvalue weighted by molar-refractivity contribution is -0.136. The van der Waals surface area contributed by atoms with Gasteiger partial charge in [-0.25, -0.2) is 4.68 Å². The molecule has 0 unspecified atom stereocenters. The van der Waals surface area contributed by atoms with Crippen molar-refractivity contribution in [3.8, 4) is 5.69 Å². The smallest absolute Gasteiger partial charge is 0.314 e. The van der Waals surface area contributed by atoms with Crippen molar-refractivity contribution in [1.82, 2.24) is 15.1 Å². The zero-order valence-electron chi connectivity index (χ0n) is 15.5. The van der Waals surface area contributed by atoms with E-state index in [1.54, 1.807) is 28.6 Å². The third kappa shape index (κ3) is 4.20. The van der Waals surface area contributed by atoms with E-state index in [-0.39, 0.29) is 6.04 Å². The van der Waals surface area contributed by atoms with Crippen LogP contribution >= 0.6 is 23.4 Å². The highest BCUT2D eigenvalue weighted by Crippen LogP contribution is 2.36. The number of halogens is 1. The summed E-state index contributed by atoms with van der Waals surface area (Å²) in [5.74, 6) is 0.885. The topological polar surface area (TPSA) is 76.0 Å². The maximum absolute atomic E-state index is 12.6. The minimum Gasteiger partial charge on any atom is -0.345 e. The molecular formula is C20H23ClN4O2S. The van der Waals surface area contributed by atoms with Gasteiger partial charge in [0.25, 0.3) is 0 Å². The lowest BCUT2D eigenvalue weighted by Crippen LogP contribution is -2.42. The Morgan fingerprint density at radius 3 is 2.64 bits per heavy atom. The molecule has 1 aliphatic heterocycles. The maximum atomic E-state index is 12.6. The third-order valence-electron chi connectivity index (χ3n) is 5.23. The van der Waals surface area contributed by atoms with Crippen LogP contribution in [0.4, 0.5) is 5.82 Å². The van der Waals surface area contributed by atoms with Crippen molar-refractivity contribution in [3.63, 3.8) is 0 Å². The summed E-state index contributed by atoms with van der Waals surface area (Å²) in [6.07, 6.45) is 6.46. The molecule has 0 saturated heterocycles. The first-order chi connectivity index (χ1) is 13.6. The number of thioether (sulfide) groups is 1. The molecule has 2 heterocycles. The molecule has 2 aliphatic rings. The lowest BCUT2D eigenvalue weighted by Gasteiger charge is -2.16. The number of nitrogens with zero attached hydrogens (tertiary/aromatic N) is 2. The van der Waals surface area contributed by atoms with Crippen LogP contribution in [-0.2, 0) is 21.1 Å². The van der Waals surface area contributed by atoms with E-state index in [0.29, 0.717) is 10.8 Å². The van der Waals surface area contributed by atoms with Gasteiger partial charge in [-0.15, -0.1) is 0 Å². The number of hydrogen-bond acceptors (Lipinski definition) is 4. The lowest BCUT2D eigenvalue weighted by atomic mass is 10.1. The van der Waals surface area contributed by atoms with Gasteiger partial charge in [0.05, 0.1) is 11.4 Å². The number of amides is 2. The number of aromatic nitrogens is 2. The summed E-state index contributed by atoms with van der Waals surface area (Å²) in [6.45, 7) is 0. The highest BCUT2D eigenvalue weighted by molar-refractivity contribution is 7.98. The molecule has 4 rings (SSSR count). The van der Waals surface area contributed by atoms with Crippen molar-refractivity contribution in [2.24, 2.45) is 0 Å². The maximum Gasteiger partial charge on any atom is 0.314 e. The Hall–Kier alpha value is -1.99. The number of fused-ring (bicyclic) bond motifs is 1. The van der Waals surface area contributed by atoms with Crippen LogP contribution in [0, 0.1) is 0 Å². The largest absolute Gasteiger partial charge is 0.345 e. The Bertz CT molecular complexity index is 890. The Balaban J connectivity index is 1.53. The summed E-state index contributed by atoms with van der Waals surface area (Å²) in [7, 11) is 0. The highest BCUT2D eigenvalue weighted by atomic mass is 35.5. The van der Waals surface area contributed by atoms with Gasteiger partial charge in [-0.3, -0.25) is 9.59 Å². The van der Waals surface area contributed by atoms with Crippen LogP contribution in [-0.4, -0.2) is 27.6 Å². The second-order valence-corrected chi connectivity index (χ2v) is 8.70. The van der Waals surface area contributed by atoms with E-state index in [1.807, 2.05) is 12.1 Å². The predicted molar refractivity (Wildman–Crippen MR) is 112 cm³/mol. The number of hydrogen-bond donors (Lipinski definition) is 2. The highest BCUT2D eigenvalue weighted by Gasteiger charge is 2.27. The Morgan fingerprint density at radius 2 is 1.89 bits per heavy atom. The van der Waals surface area contributed by atoms with Gasteiger partial charge < -0.3 is 10.6 Å². The average molecular weight is 419 g/mol. The third-order valence-corrected chi connectivity index (χ3v) is 6.44. The van der Waals surface area contributed by atoms with Gasteiger partial charge in [-0.1, -0.05) is 43.4 Å². The van der Waals surface area contributed by atoms with E-state index >= 15 is 0 Å². The molecule has 0 spiro atoms. The van der Waals surface area contributed by atoms with Crippen LogP contribution in [0.25, 0.3) is 5.69 Å². The second kappa shape index (κ2) is 8.57. The van der Waals surface area contributed by atoms with E-state index in [2.05, 4.69) is 15.7 Å². The van der Waals surface area contributed by atoms with Gasteiger partial charge in [-0.2, -0.15) is 16.9 Å². The molecule has 0 radical (unpaired) electrons. The molecule has 0 atom stereocenters. The molecular weight excluding hydrogens is 396 g/mol. The second-order valence-electron chi connectivity index (χ2n) is 7.27. The first-order valence-corrected chi connectivity index (χ1v) is 11.2. The van der Waals surface area contributed by atoms with E-state index in [0.717, 1.165) is 54.1 Å². The number of benzene rings is 1. The van der Waals surface area contributed by atoms with Gasteiger partial charge in [0.15, 0.2) is 0 Å². The van der Waals surface area contributed by atoms with Gasteiger partial charge >= 0.3 is 11.8 Å². The molecule has 1 aromatic carbocycles. The summed E-state index contributed by atoms with van der Waals surface area (Å²) >= 11 is 7.87. The standard InChI is InChI=1S/C20H23ClN4O2S/c21-13-6-5-9-15(10-13)25-18(16-11-28-12-17(16)24-25)23-20(27)19(26)22-14-7-3-1-2-4-8-14/h5-6,9-10,14H,1-4,7-8,11-12H2,(H,22,26)(H,23,27). The molecule has 1 aromatic heterocycles. The van der Waals surface area contributed by atoms with Crippen LogP contribution < -0.4 is 10.6 Å². The molecule has 2 N–H and O–H groups in total. The molecule has 8 heteroatoms. The van der Waals surface area contributed by atoms with E-state index in [4.69, 9.17) is 11.6 Å². The fourth-order valence-electron chi connectivity index (χ4n) is 3.78. The molecule has 0 bridgehead atoms. The normalized spacial score (nSPS) is 17.0. The van der Waals surface area contributed by atoms with Crippen molar-refractivity contribution in [1.29, 1.82) is 0 Å². The Kier molecular flexibility index (Phi) is 5.92. The van der Waals surface area contributed by atoms with E-state index in [9.17, 15) is 9.59 Å². The molecule has 1 fully saturated rings. The molecule has 28 heavy (non-hydrogen) atoms. The van der Waals surface area contributed by atoms with Crippen LogP contribution in [0.3, 0.4) is 0 Å². The molecule has 2 amide bonds. The minimum atomic E-state index is -0.646. The van der Waals surface area contributed by atoms with Crippen LogP contribution in [0.5, 0.6) is 0 Å². The molecule has 1 saturated carbocycles. The van der Waals surface area contributed by atoms with Crippen LogP contribution in [0.15, 0.2) is 24.3 Å². The van der Waals surface area contributed by atoms with Crippen LogP contribution in [0.1, 0.15) is 49.8 Å². The summed E-state index contributed by atoms with van der Waals surface area (Å²) in [4.78, 5) is 25.1. The number of carbonyl (C=O) groups excluding carboxylic acids is 2. The molecule has 6 nitrogen and oxygen atoms in total. The van der Waals surface area contributed by atoms with Gasteiger partial charge in [0, 0.05) is 28.1 Å². The van der Waals surface area contributed by atoms with Crippen molar-refractivity contribution in [2.45, 2.75) is 56.1 Å². The number of rotatable bonds is 3. The summed E-state index contributed by atoms with van der Waals surface area (Å²) in [5.41, 5.74) is 2.66. The zero-order valence-corrected chi connectivity index (χ0v) is 17.1. The van der Waals surface area contributed by atoms with Gasteiger partial charge in [-0.05, 0) is 31.0 Å². The molecule has 1 aliphatic carbocycles. The van der Waals surface area contributed by atoms with Gasteiger partial charge in [0.2, 0.25) is 0 Å². The SMILES string of the molecule is O=C(Nc1c2c(nn1-c1cccc(Cl)c1)CSC2)C(=O)NC1CCCCCC1. The van der Waals surface area contributed by atoms with Crippen molar-refractivity contribution >= 4 is 41.0 Å². The number of nitrogens with one attached hydrogen (secondary N) is 2. The summed E-state index contributed by atoms with van der Waals surface area (Å²) < 4.78 is 1.67. The molecule has 148 valence electrons. The average Bonchev–Trinajstić information content (AvgIpc) is 3.16. The first-order valence-electron chi connectivity index (χ1n) is 9.68. The first kappa shape index (κ1) is 19.3. The monoisotopic (exact) mass is 418 g/mol. The van der Waals surface area contributed by atoms with Crippen LogP contribution in [0.2, 0.25) is 5.02 Å². The zero-order chi connectivity index (χ0) is 19.5. The van der Waals surface area contributed by atoms with Crippen molar-refractivity contribution in [3.05, 3.63) is 40.5 Å². The van der Waals surface area contributed by atoms with Gasteiger partial charge in [0.1, 0.15) is 5.82 Å². The van der Waals surface area contributed by atoms with Crippen molar-refractivity contribution in [2.75, 3.05) is 5.32 Å². The minimum absolute atomic E-state index is 0.0832. The summed E-state index contributed by atoms with van der Waals surface area (Å²) in [6, 6.07) is 7.38. The van der Waals surface area contributed by atoms with E-state index in [1.165, 1.54) is 12.8 Å². The fourth-order valence-corrected chi connectivity index (χ4v) is 4.99.